The van der Waals surface area contributed by atoms with Crippen LogP contribution in [-0.2, 0) is 6.42 Å². The first-order valence-electron chi connectivity index (χ1n) is 4.63. The second-order valence-electron chi connectivity index (χ2n) is 3.35. The molecule has 0 aromatic heterocycles. The zero-order valence-electron chi connectivity index (χ0n) is 7.92. The number of anilines is 1. The van der Waals surface area contributed by atoms with Crippen molar-refractivity contribution in [1.82, 2.24) is 0 Å². The summed E-state index contributed by atoms with van der Waals surface area (Å²) in [6.07, 6.45) is 0.981. The van der Waals surface area contributed by atoms with Crippen molar-refractivity contribution < 1.29 is 14.2 Å². The van der Waals surface area contributed by atoms with Gasteiger partial charge in [-0.3, -0.25) is 0 Å². The Bertz CT molecular complexity index is 357. The predicted molar refractivity (Wildman–Crippen MR) is 51.3 cm³/mol. The first-order chi connectivity index (χ1) is 6.90. The number of methoxy groups -OCH3 is 1. The van der Waals surface area contributed by atoms with Gasteiger partial charge in [0, 0.05) is 23.9 Å². The third-order valence-electron chi connectivity index (χ3n) is 2.62. The van der Waals surface area contributed by atoms with Crippen LogP contribution in [0.3, 0.4) is 0 Å². The van der Waals surface area contributed by atoms with Crippen molar-refractivity contribution in [2.24, 2.45) is 0 Å². The molecule has 0 bridgehead atoms. The first-order valence-corrected chi connectivity index (χ1v) is 4.63. The zero-order valence-corrected chi connectivity index (χ0v) is 7.92. The van der Waals surface area contributed by atoms with E-state index in [1.165, 1.54) is 5.56 Å². The average molecular weight is 193 g/mol. The molecule has 14 heavy (non-hydrogen) atoms. The largest absolute Gasteiger partial charge is 0.492 e. The maximum absolute atomic E-state index is 5.37. The Morgan fingerprint density at radius 2 is 2.36 bits per heavy atom. The van der Waals surface area contributed by atoms with Crippen LogP contribution in [0.25, 0.3) is 0 Å². The fraction of sp³-hybridized carbons (Fsp3) is 0.400. The van der Waals surface area contributed by atoms with Gasteiger partial charge in [-0.15, -0.1) is 0 Å². The molecule has 1 aromatic carbocycles. The highest BCUT2D eigenvalue weighted by Gasteiger charge is 2.27. The summed E-state index contributed by atoms with van der Waals surface area (Å²) in [6.45, 7) is 1.24. The van der Waals surface area contributed by atoms with E-state index in [0.29, 0.717) is 0 Å². The Labute approximate surface area is 81.8 Å². The van der Waals surface area contributed by atoms with Gasteiger partial charge in [0.05, 0.1) is 7.11 Å². The number of rotatable bonds is 1. The monoisotopic (exact) mass is 193 g/mol. The van der Waals surface area contributed by atoms with Crippen LogP contribution in [0.2, 0.25) is 0 Å². The van der Waals surface area contributed by atoms with Crippen LogP contribution in [0, 0.1) is 0 Å². The van der Waals surface area contributed by atoms with Crippen LogP contribution in [0.15, 0.2) is 6.07 Å². The van der Waals surface area contributed by atoms with Crippen LogP contribution >= 0.6 is 0 Å². The highest BCUT2D eigenvalue weighted by Crippen LogP contribution is 2.48. The molecule has 0 saturated carbocycles. The van der Waals surface area contributed by atoms with Crippen LogP contribution in [0.1, 0.15) is 5.56 Å². The summed E-state index contributed by atoms with van der Waals surface area (Å²) < 4.78 is 16.0. The number of ether oxygens (including phenoxy) is 3. The molecule has 0 amide bonds. The third-order valence-corrected chi connectivity index (χ3v) is 2.62. The van der Waals surface area contributed by atoms with E-state index >= 15 is 0 Å². The summed E-state index contributed by atoms with van der Waals surface area (Å²) in [5.74, 6) is 2.34. The molecule has 4 heteroatoms. The Morgan fingerprint density at radius 1 is 1.43 bits per heavy atom. The molecule has 0 spiro atoms. The molecule has 0 radical (unpaired) electrons. The van der Waals surface area contributed by atoms with Crippen LogP contribution in [-0.4, -0.2) is 20.4 Å². The second-order valence-corrected chi connectivity index (χ2v) is 3.35. The number of nitrogens with one attached hydrogen (secondary N) is 1. The summed E-state index contributed by atoms with van der Waals surface area (Å²) in [6, 6.07) is 1.98. The molecular weight excluding hydrogens is 182 g/mol. The third kappa shape index (κ3) is 0.880. The summed E-state index contributed by atoms with van der Waals surface area (Å²) in [4.78, 5) is 0. The van der Waals surface area contributed by atoms with Gasteiger partial charge in [-0.1, -0.05) is 0 Å². The SMILES string of the molecule is COc1c2c(cc3c1OCO3)NCC2. The van der Waals surface area contributed by atoms with Crippen LogP contribution in [0.5, 0.6) is 17.2 Å². The van der Waals surface area contributed by atoms with Crippen molar-refractivity contribution in [2.75, 3.05) is 25.8 Å². The van der Waals surface area contributed by atoms with Crippen molar-refractivity contribution in [2.45, 2.75) is 6.42 Å². The highest BCUT2D eigenvalue weighted by molar-refractivity contribution is 5.71. The van der Waals surface area contributed by atoms with Crippen molar-refractivity contribution >= 4 is 5.69 Å². The maximum atomic E-state index is 5.37. The molecular formula is C10H11NO3. The fourth-order valence-electron chi connectivity index (χ4n) is 1.99. The standard InChI is InChI=1S/C10H11NO3/c1-12-9-6-2-3-11-7(6)4-8-10(9)14-5-13-8/h4,11H,2-3,5H2,1H3. The van der Waals surface area contributed by atoms with E-state index in [2.05, 4.69) is 5.32 Å². The average Bonchev–Trinajstić information content (AvgIpc) is 2.80. The van der Waals surface area contributed by atoms with Crippen LogP contribution < -0.4 is 19.5 Å². The van der Waals surface area contributed by atoms with E-state index in [4.69, 9.17) is 14.2 Å². The number of fused-ring (bicyclic) bond motifs is 2. The first kappa shape index (κ1) is 7.79. The van der Waals surface area contributed by atoms with Gasteiger partial charge >= 0.3 is 0 Å². The van der Waals surface area contributed by atoms with Gasteiger partial charge in [0.15, 0.2) is 11.5 Å². The molecule has 0 saturated heterocycles. The van der Waals surface area contributed by atoms with E-state index in [9.17, 15) is 0 Å². The molecule has 1 N–H and O–H groups in total. The molecule has 4 nitrogen and oxygen atoms in total. The maximum Gasteiger partial charge on any atom is 0.231 e. The molecule has 1 aromatic rings. The van der Waals surface area contributed by atoms with E-state index in [1.54, 1.807) is 7.11 Å². The van der Waals surface area contributed by atoms with Gasteiger partial charge in [-0.25, -0.2) is 0 Å². The minimum atomic E-state index is 0.286. The molecule has 74 valence electrons. The van der Waals surface area contributed by atoms with Crippen molar-refractivity contribution in [1.29, 1.82) is 0 Å². The molecule has 2 aliphatic heterocycles. The van der Waals surface area contributed by atoms with E-state index in [1.807, 2.05) is 6.07 Å². The minimum absolute atomic E-state index is 0.286. The van der Waals surface area contributed by atoms with Crippen molar-refractivity contribution in [3.63, 3.8) is 0 Å². The van der Waals surface area contributed by atoms with Gasteiger partial charge in [0.2, 0.25) is 12.5 Å². The lowest BCUT2D eigenvalue weighted by molar-refractivity contribution is 0.171. The summed E-state index contributed by atoms with van der Waals surface area (Å²) in [5, 5.41) is 3.29. The molecule has 3 rings (SSSR count). The Kier molecular flexibility index (Phi) is 1.50. The summed E-state index contributed by atoms with van der Waals surface area (Å²) >= 11 is 0. The number of benzene rings is 1. The van der Waals surface area contributed by atoms with Gasteiger partial charge in [0.25, 0.3) is 0 Å². The van der Waals surface area contributed by atoms with E-state index in [-0.39, 0.29) is 6.79 Å². The molecule has 0 fully saturated rings. The Balaban J connectivity index is 2.24. The van der Waals surface area contributed by atoms with E-state index < -0.39 is 0 Å². The van der Waals surface area contributed by atoms with Gasteiger partial charge < -0.3 is 19.5 Å². The normalized spacial score (nSPS) is 16.4. The lowest BCUT2D eigenvalue weighted by Gasteiger charge is -2.09. The molecule has 2 heterocycles. The number of hydrogen-bond acceptors (Lipinski definition) is 4. The lowest BCUT2D eigenvalue weighted by Crippen LogP contribution is -1.95. The smallest absolute Gasteiger partial charge is 0.231 e. The van der Waals surface area contributed by atoms with Crippen molar-refractivity contribution in [3.05, 3.63) is 11.6 Å². The zero-order chi connectivity index (χ0) is 9.54. The second kappa shape index (κ2) is 2.70. The summed E-state index contributed by atoms with van der Waals surface area (Å²) in [5.41, 5.74) is 2.29. The van der Waals surface area contributed by atoms with E-state index in [0.717, 1.165) is 35.9 Å². The fourth-order valence-corrected chi connectivity index (χ4v) is 1.99. The van der Waals surface area contributed by atoms with Gasteiger partial charge in [-0.2, -0.15) is 0 Å². The Hall–Kier alpha value is -1.58. The predicted octanol–water partition coefficient (Wildman–Crippen LogP) is 1.39. The quantitative estimate of drug-likeness (QED) is 0.731. The molecule has 0 atom stereocenters. The molecule has 2 aliphatic rings. The van der Waals surface area contributed by atoms with Crippen molar-refractivity contribution in [3.8, 4) is 17.2 Å². The minimum Gasteiger partial charge on any atom is -0.492 e. The van der Waals surface area contributed by atoms with Gasteiger partial charge in [-0.05, 0) is 6.42 Å². The number of hydrogen-bond donors (Lipinski definition) is 1. The van der Waals surface area contributed by atoms with Gasteiger partial charge in [0.1, 0.15) is 0 Å². The molecule has 0 unspecified atom stereocenters. The topological polar surface area (TPSA) is 39.7 Å². The lowest BCUT2D eigenvalue weighted by atomic mass is 10.1. The molecule has 0 aliphatic carbocycles. The Morgan fingerprint density at radius 3 is 3.21 bits per heavy atom. The highest BCUT2D eigenvalue weighted by atomic mass is 16.7. The van der Waals surface area contributed by atoms with Crippen LogP contribution in [0.4, 0.5) is 5.69 Å². The summed E-state index contributed by atoms with van der Waals surface area (Å²) in [7, 11) is 1.66.